The molecular formula is C8H20P2S2. The van der Waals surface area contributed by atoms with E-state index in [-0.39, 0.29) is 0 Å². The number of hydrogen-bond acceptors (Lipinski definition) is 2. The van der Waals surface area contributed by atoms with Crippen LogP contribution in [0.2, 0.25) is 0 Å². The van der Waals surface area contributed by atoms with Crippen LogP contribution in [0.3, 0.4) is 0 Å². The zero-order valence-electron chi connectivity index (χ0n) is 7.55. The highest BCUT2D eigenvalue weighted by Crippen LogP contribution is 2.16. The fourth-order valence-corrected chi connectivity index (χ4v) is 3.67. The van der Waals surface area contributed by atoms with Crippen LogP contribution in [-0.2, 0) is 0 Å². The second-order valence-corrected chi connectivity index (χ2v) is 6.55. The van der Waals surface area contributed by atoms with Crippen LogP contribution in [0.15, 0.2) is 0 Å². The quantitative estimate of drug-likeness (QED) is 0.347. The first-order valence-corrected chi connectivity index (χ1v) is 8.64. The van der Waals surface area contributed by atoms with Crippen LogP contribution in [0.1, 0.15) is 12.8 Å². The minimum absolute atomic E-state index is 1.07. The largest absolute Gasteiger partial charge is 0.179 e. The Balaban J connectivity index is 2.73. The molecule has 12 heavy (non-hydrogen) atoms. The van der Waals surface area contributed by atoms with Crippen molar-refractivity contribution in [2.75, 3.05) is 36.2 Å². The van der Waals surface area contributed by atoms with E-state index in [2.05, 4.69) is 25.3 Å². The van der Waals surface area contributed by atoms with Crippen LogP contribution in [-0.4, -0.2) is 36.2 Å². The fourth-order valence-electron chi connectivity index (χ4n) is 0.908. The van der Waals surface area contributed by atoms with Gasteiger partial charge < -0.3 is 0 Å². The summed E-state index contributed by atoms with van der Waals surface area (Å²) < 4.78 is 0. The number of unbranched alkanes of at least 4 members (excludes halogenated alkanes) is 1. The molecule has 0 amide bonds. The summed E-state index contributed by atoms with van der Waals surface area (Å²) in [5, 5.41) is 0. The maximum atomic E-state index is 4.19. The minimum Gasteiger partial charge on any atom is -0.179 e. The molecule has 0 aromatic carbocycles. The van der Waals surface area contributed by atoms with E-state index in [1.165, 1.54) is 37.5 Å². The van der Waals surface area contributed by atoms with Gasteiger partial charge >= 0.3 is 0 Å². The van der Waals surface area contributed by atoms with Crippen molar-refractivity contribution in [1.29, 1.82) is 0 Å². The highest BCUT2D eigenvalue weighted by Gasteiger charge is 1.89. The van der Waals surface area contributed by atoms with Crippen molar-refractivity contribution in [1.82, 2.24) is 0 Å². The number of rotatable bonds is 9. The zero-order valence-corrected chi connectivity index (χ0v) is 11.3. The molecule has 0 N–H and O–H groups in total. The molecule has 74 valence electrons. The lowest BCUT2D eigenvalue weighted by Crippen LogP contribution is -1.85. The van der Waals surface area contributed by atoms with Gasteiger partial charge in [-0.2, -0.15) is 25.3 Å². The standard InChI is InChI=1S/C8H20P2S2/c11-7-5-9-3-1-2-4-10-6-8-12/h9-12H,1-8H2. The van der Waals surface area contributed by atoms with E-state index < -0.39 is 0 Å². The van der Waals surface area contributed by atoms with Crippen LogP contribution in [0, 0.1) is 0 Å². The van der Waals surface area contributed by atoms with E-state index in [1.54, 1.807) is 0 Å². The van der Waals surface area contributed by atoms with Gasteiger partial charge in [-0.25, -0.2) is 0 Å². The molecule has 0 aliphatic heterocycles. The van der Waals surface area contributed by atoms with E-state index in [9.17, 15) is 0 Å². The maximum Gasteiger partial charge on any atom is -0.00609 e. The molecule has 2 atom stereocenters. The summed E-state index contributed by atoms with van der Waals surface area (Å²) in [5.41, 5.74) is 0. The third kappa shape index (κ3) is 11.6. The van der Waals surface area contributed by atoms with E-state index in [0.29, 0.717) is 0 Å². The highest BCUT2D eigenvalue weighted by molar-refractivity contribution is 7.80. The van der Waals surface area contributed by atoms with Crippen molar-refractivity contribution in [2.45, 2.75) is 12.8 Å². The lowest BCUT2D eigenvalue weighted by Gasteiger charge is -2.00. The van der Waals surface area contributed by atoms with Crippen LogP contribution < -0.4 is 0 Å². The molecule has 0 radical (unpaired) electrons. The second kappa shape index (κ2) is 12.6. The predicted octanol–water partition coefficient (Wildman–Crippen LogP) is 2.98. The lowest BCUT2D eigenvalue weighted by atomic mass is 10.4. The fraction of sp³-hybridized carbons (Fsp3) is 1.00. The Morgan fingerprint density at radius 2 is 1.08 bits per heavy atom. The smallest absolute Gasteiger partial charge is 0.00609 e. The van der Waals surface area contributed by atoms with Gasteiger partial charge in [0.05, 0.1) is 0 Å². The number of thiol groups is 2. The summed E-state index contributed by atoms with van der Waals surface area (Å²) in [6.07, 6.45) is 8.39. The Morgan fingerprint density at radius 3 is 1.42 bits per heavy atom. The van der Waals surface area contributed by atoms with E-state index in [4.69, 9.17) is 0 Å². The average Bonchev–Trinajstić information content (AvgIpc) is 2.10. The van der Waals surface area contributed by atoms with Crippen LogP contribution in [0.4, 0.5) is 0 Å². The molecule has 0 heterocycles. The van der Waals surface area contributed by atoms with Crippen LogP contribution in [0.5, 0.6) is 0 Å². The summed E-state index contributed by atoms with van der Waals surface area (Å²) in [5.74, 6) is 2.14. The lowest BCUT2D eigenvalue weighted by molar-refractivity contribution is 0.902. The Kier molecular flexibility index (Phi) is 14.2. The maximum absolute atomic E-state index is 4.19. The summed E-state index contributed by atoms with van der Waals surface area (Å²) in [6.45, 7) is 0. The normalized spacial score (nSPS) is 12.5. The molecular weight excluding hydrogens is 222 g/mol. The summed E-state index contributed by atoms with van der Waals surface area (Å²) in [7, 11) is 2.31. The molecule has 4 heteroatoms. The van der Waals surface area contributed by atoms with Gasteiger partial charge in [0.25, 0.3) is 0 Å². The number of hydrogen-bond donors (Lipinski definition) is 2. The Hall–Kier alpha value is 1.56. The Bertz CT molecular complexity index is 71.5. The molecule has 0 bridgehead atoms. The van der Waals surface area contributed by atoms with Gasteiger partial charge in [0.2, 0.25) is 0 Å². The molecule has 0 aliphatic rings. The van der Waals surface area contributed by atoms with Gasteiger partial charge in [0.15, 0.2) is 0 Å². The van der Waals surface area contributed by atoms with Gasteiger partial charge in [-0.15, -0.1) is 17.2 Å². The monoisotopic (exact) mass is 242 g/mol. The molecule has 0 rings (SSSR count). The van der Waals surface area contributed by atoms with Crippen molar-refractivity contribution in [3.63, 3.8) is 0 Å². The Morgan fingerprint density at radius 1 is 0.667 bits per heavy atom. The molecule has 0 saturated carbocycles. The molecule has 0 saturated heterocycles. The van der Waals surface area contributed by atoms with Gasteiger partial charge in [0.1, 0.15) is 0 Å². The molecule has 0 spiro atoms. The predicted molar refractivity (Wildman–Crippen MR) is 73.0 cm³/mol. The molecule has 0 aliphatic carbocycles. The molecule has 0 fully saturated rings. The van der Waals surface area contributed by atoms with Crippen molar-refractivity contribution in [3.8, 4) is 0 Å². The highest BCUT2D eigenvalue weighted by atomic mass is 32.1. The first-order valence-electron chi connectivity index (χ1n) is 4.55. The third-order valence-corrected chi connectivity index (χ3v) is 5.44. The first-order chi connectivity index (χ1) is 5.91. The Labute approximate surface area is 91.4 Å². The van der Waals surface area contributed by atoms with Gasteiger partial charge in [-0.3, -0.25) is 0 Å². The van der Waals surface area contributed by atoms with E-state index >= 15 is 0 Å². The van der Waals surface area contributed by atoms with Crippen LogP contribution in [0.25, 0.3) is 0 Å². The summed E-state index contributed by atoms with van der Waals surface area (Å²) in [4.78, 5) is 0. The van der Waals surface area contributed by atoms with Gasteiger partial charge in [-0.05, 0) is 49.0 Å². The van der Waals surface area contributed by atoms with Crippen molar-refractivity contribution >= 4 is 42.4 Å². The molecule has 0 nitrogen and oxygen atoms in total. The van der Waals surface area contributed by atoms with Crippen molar-refractivity contribution in [2.24, 2.45) is 0 Å². The van der Waals surface area contributed by atoms with Crippen molar-refractivity contribution in [3.05, 3.63) is 0 Å². The zero-order chi connectivity index (χ0) is 9.07. The minimum atomic E-state index is 1.07. The molecule has 0 aromatic rings. The first kappa shape index (κ1) is 13.6. The third-order valence-electron chi connectivity index (χ3n) is 1.53. The topological polar surface area (TPSA) is 0 Å². The van der Waals surface area contributed by atoms with Crippen LogP contribution >= 0.6 is 42.4 Å². The summed E-state index contributed by atoms with van der Waals surface area (Å²) in [6, 6.07) is 0. The van der Waals surface area contributed by atoms with E-state index in [1.807, 2.05) is 0 Å². The van der Waals surface area contributed by atoms with Gasteiger partial charge in [-0.1, -0.05) is 0 Å². The van der Waals surface area contributed by atoms with Gasteiger partial charge in [0, 0.05) is 0 Å². The summed E-state index contributed by atoms with van der Waals surface area (Å²) >= 11 is 8.38. The average molecular weight is 242 g/mol. The molecule has 0 aromatic heterocycles. The molecule has 2 unspecified atom stereocenters. The van der Waals surface area contributed by atoms with E-state index in [0.717, 1.165) is 28.7 Å². The van der Waals surface area contributed by atoms with Crippen molar-refractivity contribution < 1.29 is 0 Å². The second-order valence-electron chi connectivity index (χ2n) is 2.65. The SMILES string of the molecule is SCCPCCCCPCCS.